The summed E-state index contributed by atoms with van der Waals surface area (Å²) in [7, 11) is 0. The highest BCUT2D eigenvalue weighted by molar-refractivity contribution is 5.88. The third-order valence-corrected chi connectivity index (χ3v) is 4.27. The molecule has 0 radical (unpaired) electrons. The van der Waals surface area contributed by atoms with Crippen molar-refractivity contribution in [2.24, 2.45) is 11.7 Å². The Bertz CT molecular complexity index is 814. The van der Waals surface area contributed by atoms with Gasteiger partial charge in [0.05, 0.1) is 23.4 Å². The van der Waals surface area contributed by atoms with Gasteiger partial charge in [0.2, 0.25) is 11.8 Å². The number of carbonyl (C=O) groups excluding carboxylic acids is 2. The first-order valence-corrected chi connectivity index (χ1v) is 7.59. The van der Waals surface area contributed by atoms with Crippen LogP contribution in [0.25, 0.3) is 10.8 Å². The summed E-state index contributed by atoms with van der Waals surface area (Å²) >= 11 is 0. The fourth-order valence-corrected chi connectivity index (χ4v) is 3.00. The number of amides is 2. The van der Waals surface area contributed by atoms with Crippen molar-refractivity contribution in [1.82, 2.24) is 15.1 Å². The molecule has 0 bridgehead atoms. The summed E-state index contributed by atoms with van der Waals surface area (Å²) in [6.45, 7) is 0.972. The molecule has 0 aliphatic carbocycles. The Morgan fingerprint density at radius 1 is 1.30 bits per heavy atom. The minimum atomic E-state index is -0.366. The lowest BCUT2D eigenvalue weighted by molar-refractivity contribution is -0.134. The molecule has 3 N–H and O–H groups in total. The highest BCUT2D eigenvalue weighted by atomic mass is 16.2. The fourth-order valence-electron chi connectivity index (χ4n) is 3.00. The first-order valence-electron chi connectivity index (χ1n) is 7.59. The van der Waals surface area contributed by atoms with Crippen molar-refractivity contribution in [2.75, 3.05) is 13.1 Å². The summed E-state index contributed by atoms with van der Waals surface area (Å²) in [6.07, 6.45) is 1.57. The molecule has 1 atom stereocenters. The molecule has 0 unspecified atom stereocenters. The van der Waals surface area contributed by atoms with Gasteiger partial charge in [-0.15, -0.1) is 0 Å². The molecule has 120 valence electrons. The lowest BCUT2D eigenvalue weighted by Crippen LogP contribution is -2.44. The number of primary amides is 1. The van der Waals surface area contributed by atoms with Crippen LogP contribution in [0.5, 0.6) is 0 Å². The highest BCUT2D eigenvalue weighted by Gasteiger charge is 2.27. The van der Waals surface area contributed by atoms with Crippen molar-refractivity contribution in [2.45, 2.75) is 19.3 Å². The van der Waals surface area contributed by atoms with E-state index < -0.39 is 0 Å². The minimum Gasteiger partial charge on any atom is -0.369 e. The molecular weight excluding hydrogens is 296 g/mol. The maximum Gasteiger partial charge on any atom is 0.272 e. The van der Waals surface area contributed by atoms with Gasteiger partial charge in [-0.1, -0.05) is 18.2 Å². The number of benzene rings is 1. The van der Waals surface area contributed by atoms with Crippen LogP contribution in [0.15, 0.2) is 29.1 Å². The third-order valence-electron chi connectivity index (χ3n) is 4.27. The van der Waals surface area contributed by atoms with Gasteiger partial charge in [0.25, 0.3) is 5.56 Å². The second-order valence-corrected chi connectivity index (χ2v) is 5.80. The van der Waals surface area contributed by atoms with Crippen LogP contribution in [0.1, 0.15) is 18.5 Å². The van der Waals surface area contributed by atoms with E-state index in [1.54, 1.807) is 29.2 Å². The predicted molar refractivity (Wildman–Crippen MR) is 84.6 cm³/mol. The molecule has 1 aliphatic rings. The molecule has 1 aliphatic heterocycles. The van der Waals surface area contributed by atoms with Crippen LogP contribution in [0.2, 0.25) is 0 Å². The Hall–Kier alpha value is -2.70. The molecular formula is C16H18N4O3. The second-order valence-electron chi connectivity index (χ2n) is 5.80. The molecule has 2 heterocycles. The molecule has 7 nitrogen and oxygen atoms in total. The number of H-pyrrole nitrogens is 1. The Morgan fingerprint density at radius 2 is 2.04 bits per heavy atom. The number of aromatic amines is 1. The Morgan fingerprint density at radius 3 is 2.78 bits per heavy atom. The zero-order chi connectivity index (χ0) is 16.4. The number of fused-ring (bicyclic) bond motifs is 1. The lowest BCUT2D eigenvalue weighted by atomic mass is 9.97. The van der Waals surface area contributed by atoms with E-state index in [1.807, 2.05) is 0 Å². The maximum absolute atomic E-state index is 12.5. The Kier molecular flexibility index (Phi) is 4.10. The number of hydrogen-bond donors (Lipinski definition) is 2. The highest BCUT2D eigenvalue weighted by Crippen LogP contribution is 2.18. The zero-order valence-electron chi connectivity index (χ0n) is 12.6. The largest absolute Gasteiger partial charge is 0.369 e. The number of likely N-dealkylation sites (tertiary alicyclic amines) is 1. The van der Waals surface area contributed by atoms with E-state index in [0.717, 1.165) is 12.8 Å². The monoisotopic (exact) mass is 314 g/mol. The number of rotatable bonds is 3. The molecule has 0 saturated carbocycles. The Labute approximate surface area is 132 Å². The summed E-state index contributed by atoms with van der Waals surface area (Å²) in [5.74, 6) is -0.760. The van der Waals surface area contributed by atoms with E-state index in [-0.39, 0.29) is 29.7 Å². The molecule has 7 heteroatoms. The zero-order valence-corrected chi connectivity index (χ0v) is 12.6. The average molecular weight is 314 g/mol. The first-order chi connectivity index (χ1) is 11.1. The SMILES string of the molecule is NC(=O)[C@H]1CCCN(C(=O)Cc2n[nH]c(=O)c3ccccc23)C1. The van der Waals surface area contributed by atoms with Gasteiger partial charge in [-0.2, -0.15) is 5.10 Å². The van der Waals surface area contributed by atoms with Crippen molar-refractivity contribution < 1.29 is 9.59 Å². The standard InChI is InChI=1S/C16H18N4O3/c17-15(22)10-4-3-7-20(9-10)14(21)8-13-11-5-1-2-6-12(11)16(23)19-18-13/h1-2,5-6,10H,3-4,7-9H2,(H2,17,22)(H,19,23)/t10-/m0/s1. The molecule has 1 aromatic heterocycles. The van der Waals surface area contributed by atoms with Crippen LogP contribution >= 0.6 is 0 Å². The molecule has 1 fully saturated rings. The van der Waals surface area contributed by atoms with Crippen molar-refractivity contribution >= 4 is 22.6 Å². The lowest BCUT2D eigenvalue weighted by Gasteiger charge is -2.31. The average Bonchev–Trinajstić information content (AvgIpc) is 2.57. The molecule has 3 rings (SSSR count). The van der Waals surface area contributed by atoms with Crippen molar-refractivity contribution in [3.8, 4) is 0 Å². The van der Waals surface area contributed by atoms with Gasteiger partial charge in [0.1, 0.15) is 0 Å². The summed E-state index contributed by atoms with van der Waals surface area (Å²) in [4.78, 5) is 37.3. The van der Waals surface area contributed by atoms with Crippen LogP contribution in [-0.2, 0) is 16.0 Å². The van der Waals surface area contributed by atoms with E-state index in [0.29, 0.717) is 29.6 Å². The number of carbonyl (C=O) groups is 2. The van der Waals surface area contributed by atoms with E-state index in [4.69, 9.17) is 5.73 Å². The van der Waals surface area contributed by atoms with Crippen LogP contribution in [0.4, 0.5) is 0 Å². The van der Waals surface area contributed by atoms with Gasteiger partial charge in [0, 0.05) is 18.5 Å². The molecule has 23 heavy (non-hydrogen) atoms. The fraction of sp³-hybridized carbons (Fsp3) is 0.375. The van der Waals surface area contributed by atoms with E-state index >= 15 is 0 Å². The maximum atomic E-state index is 12.5. The van der Waals surface area contributed by atoms with E-state index in [1.165, 1.54) is 0 Å². The summed E-state index contributed by atoms with van der Waals surface area (Å²) in [6, 6.07) is 7.06. The Balaban J connectivity index is 1.82. The number of nitrogens with zero attached hydrogens (tertiary/aromatic N) is 2. The first kappa shape index (κ1) is 15.2. The molecule has 1 aromatic carbocycles. The van der Waals surface area contributed by atoms with Gasteiger partial charge >= 0.3 is 0 Å². The van der Waals surface area contributed by atoms with Crippen molar-refractivity contribution in [3.05, 3.63) is 40.3 Å². The van der Waals surface area contributed by atoms with Gasteiger partial charge in [-0.05, 0) is 18.9 Å². The number of nitrogens with two attached hydrogens (primary N) is 1. The van der Waals surface area contributed by atoms with Crippen LogP contribution < -0.4 is 11.3 Å². The van der Waals surface area contributed by atoms with Crippen LogP contribution in [0, 0.1) is 5.92 Å². The summed E-state index contributed by atoms with van der Waals surface area (Å²) < 4.78 is 0. The minimum absolute atomic E-state index is 0.0861. The smallest absolute Gasteiger partial charge is 0.272 e. The predicted octanol–water partition coefficient (Wildman–Crippen LogP) is 0.190. The molecule has 2 aromatic rings. The number of nitrogens with one attached hydrogen (secondary N) is 1. The topological polar surface area (TPSA) is 109 Å². The molecule has 0 spiro atoms. The van der Waals surface area contributed by atoms with Gasteiger partial charge in [0.15, 0.2) is 0 Å². The van der Waals surface area contributed by atoms with Gasteiger partial charge in [-0.25, -0.2) is 5.10 Å². The summed E-state index contributed by atoms with van der Waals surface area (Å²) in [5.41, 5.74) is 5.60. The van der Waals surface area contributed by atoms with E-state index in [9.17, 15) is 14.4 Å². The number of aromatic nitrogens is 2. The molecule has 2 amide bonds. The quantitative estimate of drug-likeness (QED) is 0.842. The number of piperidine rings is 1. The van der Waals surface area contributed by atoms with Crippen molar-refractivity contribution in [3.63, 3.8) is 0 Å². The van der Waals surface area contributed by atoms with E-state index in [2.05, 4.69) is 10.2 Å². The number of hydrogen-bond acceptors (Lipinski definition) is 4. The summed E-state index contributed by atoms with van der Waals surface area (Å²) in [5, 5.41) is 7.63. The van der Waals surface area contributed by atoms with Gasteiger partial charge < -0.3 is 10.6 Å². The van der Waals surface area contributed by atoms with Crippen molar-refractivity contribution in [1.29, 1.82) is 0 Å². The normalized spacial score (nSPS) is 18.1. The molecule has 1 saturated heterocycles. The van der Waals surface area contributed by atoms with Crippen LogP contribution in [-0.4, -0.2) is 40.0 Å². The van der Waals surface area contributed by atoms with Crippen LogP contribution in [0.3, 0.4) is 0 Å². The van der Waals surface area contributed by atoms with Gasteiger partial charge in [-0.3, -0.25) is 14.4 Å². The third kappa shape index (κ3) is 3.08. The second kappa shape index (κ2) is 6.20.